The molecule has 0 aliphatic rings. The lowest BCUT2D eigenvalue weighted by Gasteiger charge is -2.03. The Bertz CT molecular complexity index is 238. The van der Waals surface area contributed by atoms with Gasteiger partial charge in [-0.15, -0.1) is 0 Å². The molecular formula is C6H3F4N. The van der Waals surface area contributed by atoms with Gasteiger partial charge in [-0.2, -0.15) is 17.6 Å². The third-order valence-corrected chi connectivity index (χ3v) is 1.05. The van der Waals surface area contributed by atoms with Gasteiger partial charge in [0, 0.05) is 6.20 Å². The van der Waals surface area contributed by atoms with Crippen LogP contribution >= 0.6 is 0 Å². The molecule has 0 atom stereocenters. The van der Waals surface area contributed by atoms with Gasteiger partial charge in [-0.05, 0) is 12.1 Å². The molecule has 0 aliphatic carbocycles. The van der Waals surface area contributed by atoms with E-state index in [0.717, 1.165) is 0 Å². The summed E-state index contributed by atoms with van der Waals surface area (Å²) in [7, 11) is 0. The fourth-order valence-electron chi connectivity index (χ4n) is 0.544. The number of halogens is 4. The Morgan fingerprint density at radius 3 is 2.18 bits per heavy atom. The van der Waals surface area contributed by atoms with Crippen LogP contribution in [0.1, 0.15) is 5.56 Å². The maximum absolute atomic E-state index is 12.0. The van der Waals surface area contributed by atoms with Crippen molar-refractivity contribution in [2.45, 2.75) is 6.18 Å². The molecule has 0 aliphatic heterocycles. The van der Waals surface area contributed by atoms with Gasteiger partial charge in [-0.3, -0.25) is 0 Å². The fraction of sp³-hybridized carbons (Fsp3) is 0.167. The minimum atomic E-state index is -4.44. The van der Waals surface area contributed by atoms with E-state index < -0.39 is 17.7 Å². The average molecular weight is 165 g/mol. The van der Waals surface area contributed by atoms with Crippen molar-refractivity contribution in [3.05, 3.63) is 29.8 Å². The second-order valence-electron chi connectivity index (χ2n) is 1.87. The molecule has 1 heterocycles. The third-order valence-electron chi connectivity index (χ3n) is 1.05. The Kier molecular flexibility index (Phi) is 1.80. The van der Waals surface area contributed by atoms with E-state index in [1.54, 1.807) is 0 Å². The number of alkyl halides is 3. The summed E-state index contributed by atoms with van der Waals surface area (Å²) in [6.07, 6.45) is -3.99. The molecule has 0 amide bonds. The number of pyridine rings is 1. The minimum absolute atomic E-state index is 0.454. The summed E-state index contributed by atoms with van der Waals surface area (Å²) in [6, 6.07) is 1.31. The van der Waals surface area contributed by atoms with Crippen LogP contribution in [0.3, 0.4) is 0 Å². The maximum Gasteiger partial charge on any atom is 0.417 e. The Balaban J connectivity index is 2.99. The van der Waals surface area contributed by atoms with E-state index in [1.807, 2.05) is 0 Å². The molecule has 11 heavy (non-hydrogen) atoms. The first-order valence-electron chi connectivity index (χ1n) is 2.69. The fourth-order valence-corrected chi connectivity index (χ4v) is 0.544. The highest BCUT2D eigenvalue weighted by Gasteiger charge is 2.30. The third kappa shape index (κ3) is 1.89. The van der Waals surface area contributed by atoms with E-state index in [2.05, 4.69) is 4.98 Å². The van der Waals surface area contributed by atoms with E-state index in [-0.39, 0.29) is 0 Å². The lowest BCUT2D eigenvalue weighted by Crippen LogP contribution is -2.05. The second kappa shape index (κ2) is 2.48. The molecule has 0 radical (unpaired) electrons. The molecule has 0 spiro atoms. The van der Waals surface area contributed by atoms with Crippen molar-refractivity contribution in [2.75, 3.05) is 0 Å². The van der Waals surface area contributed by atoms with Gasteiger partial charge >= 0.3 is 6.18 Å². The first-order chi connectivity index (χ1) is 5.00. The summed E-state index contributed by atoms with van der Waals surface area (Å²) in [4.78, 5) is 2.86. The molecular weight excluding hydrogens is 162 g/mol. The molecule has 1 aromatic rings. The van der Waals surface area contributed by atoms with E-state index in [0.29, 0.717) is 18.3 Å². The van der Waals surface area contributed by atoms with E-state index in [1.165, 1.54) is 0 Å². The molecule has 5 heteroatoms. The van der Waals surface area contributed by atoms with Gasteiger partial charge in [0.2, 0.25) is 5.95 Å². The van der Waals surface area contributed by atoms with Crippen LogP contribution in [0, 0.1) is 5.95 Å². The quantitative estimate of drug-likeness (QED) is 0.424. The molecule has 0 saturated heterocycles. The van der Waals surface area contributed by atoms with Crippen molar-refractivity contribution in [3.8, 4) is 0 Å². The van der Waals surface area contributed by atoms with E-state index in [4.69, 9.17) is 0 Å². The molecule has 0 saturated carbocycles. The van der Waals surface area contributed by atoms with Gasteiger partial charge < -0.3 is 0 Å². The summed E-state index contributed by atoms with van der Waals surface area (Å²) in [5, 5.41) is 0. The Morgan fingerprint density at radius 1 is 1.18 bits per heavy atom. The summed E-state index contributed by atoms with van der Waals surface area (Å²) in [5.74, 6) is -0.919. The van der Waals surface area contributed by atoms with Gasteiger partial charge in [-0.1, -0.05) is 0 Å². The van der Waals surface area contributed by atoms with E-state index >= 15 is 0 Å². The molecule has 0 unspecified atom stereocenters. The van der Waals surface area contributed by atoms with Gasteiger partial charge in [-0.25, -0.2) is 4.98 Å². The van der Waals surface area contributed by atoms with Crippen LogP contribution < -0.4 is 0 Å². The zero-order chi connectivity index (χ0) is 8.48. The number of rotatable bonds is 0. The highest BCUT2D eigenvalue weighted by molar-refractivity contribution is 5.12. The zero-order valence-corrected chi connectivity index (χ0v) is 5.19. The molecule has 1 rings (SSSR count). The number of aromatic nitrogens is 1. The monoisotopic (exact) mass is 165 g/mol. The van der Waals surface area contributed by atoms with Crippen molar-refractivity contribution in [1.82, 2.24) is 4.98 Å². The van der Waals surface area contributed by atoms with Gasteiger partial charge in [0.25, 0.3) is 0 Å². The average Bonchev–Trinajstić information content (AvgIpc) is 1.86. The molecule has 0 fully saturated rings. The Hall–Kier alpha value is -1.13. The van der Waals surface area contributed by atoms with Crippen LogP contribution in [0.2, 0.25) is 0 Å². The van der Waals surface area contributed by atoms with Crippen molar-refractivity contribution >= 4 is 0 Å². The standard InChI is InChI=1S/C6H3F4N/c7-5-2-1-4(3-11-5)6(8,9)10/h1-3H. The summed E-state index contributed by atoms with van der Waals surface area (Å²) in [6.45, 7) is 0. The molecule has 1 nitrogen and oxygen atoms in total. The summed E-state index contributed by atoms with van der Waals surface area (Å²) < 4.78 is 47.3. The van der Waals surface area contributed by atoms with Crippen LogP contribution in [0.15, 0.2) is 18.3 Å². The molecule has 0 N–H and O–H groups in total. The first-order valence-corrected chi connectivity index (χ1v) is 2.69. The van der Waals surface area contributed by atoms with Crippen LogP contribution in [0.5, 0.6) is 0 Å². The van der Waals surface area contributed by atoms with Crippen molar-refractivity contribution < 1.29 is 17.6 Å². The SMILES string of the molecule is Fc1ccc(C(F)(F)F)cn1. The van der Waals surface area contributed by atoms with Crippen LogP contribution in [-0.2, 0) is 6.18 Å². The Morgan fingerprint density at radius 2 is 1.82 bits per heavy atom. The summed E-state index contributed by atoms with van der Waals surface area (Å²) in [5.41, 5.74) is -0.945. The molecule has 0 aromatic carbocycles. The molecule has 60 valence electrons. The highest BCUT2D eigenvalue weighted by Crippen LogP contribution is 2.27. The topological polar surface area (TPSA) is 12.9 Å². The van der Waals surface area contributed by atoms with Crippen molar-refractivity contribution in [3.63, 3.8) is 0 Å². The number of hydrogen-bond donors (Lipinski definition) is 0. The van der Waals surface area contributed by atoms with Crippen molar-refractivity contribution in [1.29, 1.82) is 0 Å². The summed E-state index contributed by atoms with van der Waals surface area (Å²) >= 11 is 0. The van der Waals surface area contributed by atoms with Crippen LogP contribution in [0.25, 0.3) is 0 Å². The largest absolute Gasteiger partial charge is 0.417 e. The van der Waals surface area contributed by atoms with E-state index in [9.17, 15) is 17.6 Å². The predicted molar refractivity (Wildman–Crippen MR) is 29.2 cm³/mol. The maximum atomic E-state index is 12.0. The normalized spacial score (nSPS) is 11.6. The lowest BCUT2D eigenvalue weighted by atomic mass is 10.3. The number of hydrogen-bond acceptors (Lipinski definition) is 1. The van der Waals surface area contributed by atoms with Gasteiger partial charge in [0.05, 0.1) is 5.56 Å². The molecule has 1 aromatic heterocycles. The highest BCUT2D eigenvalue weighted by atomic mass is 19.4. The lowest BCUT2D eigenvalue weighted by molar-refractivity contribution is -0.137. The van der Waals surface area contributed by atoms with Crippen LogP contribution in [-0.4, -0.2) is 4.98 Å². The Labute approximate surface area is 59.7 Å². The van der Waals surface area contributed by atoms with Gasteiger partial charge in [0.15, 0.2) is 0 Å². The van der Waals surface area contributed by atoms with Crippen molar-refractivity contribution in [2.24, 2.45) is 0 Å². The number of nitrogens with zero attached hydrogens (tertiary/aromatic N) is 1. The molecule has 0 bridgehead atoms. The van der Waals surface area contributed by atoms with Gasteiger partial charge in [0.1, 0.15) is 0 Å². The zero-order valence-electron chi connectivity index (χ0n) is 5.19. The smallest absolute Gasteiger partial charge is 0.228 e. The minimum Gasteiger partial charge on any atom is -0.228 e. The predicted octanol–water partition coefficient (Wildman–Crippen LogP) is 2.24. The second-order valence-corrected chi connectivity index (χ2v) is 1.87. The van der Waals surface area contributed by atoms with Crippen LogP contribution in [0.4, 0.5) is 17.6 Å². The first kappa shape index (κ1) is 7.97.